The van der Waals surface area contributed by atoms with Crippen molar-refractivity contribution in [1.29, 1.82) is 0 Å². The van der Waals surface area contributed by atoms with Gasteiger partial charge in [-0.25, -0.2) is 4.98 Å². The number of anilines is 2. The predicted molar refractivity (Wildman–Crippen MR) is 82.3 cm³/mol. The molecule has 0 aliphatic heterocycles. The van der Waals surface area contributed by atoms with Gasteiger partial charge in [-0.3, -0.25) is 4.79 Å². The van der Waals surface area contributed by atoms with E-state index in [0.29, 0.717) is 42.6 Å². The Hall–Kier alpha value is -2.38. The fraction of sp³-hybridized carbons (Fsp3) is 0.538. The minimum absolute atomic E-state index is 0.0382. The minimum atomic E-state index is 0.0382. The monoisotopic (exact) mass is 291 g/mol. The largest absolute Gasteiger partial charge is 0.359 e. The molecule has 2 heterocycles. The number of carbonyl (C=O) groups is 1. The molecule has 3 N–H and O–H groups in total. The second-order valence-electron chi connectivity index (χ2n) is 4.45. The Kier molecular flexibility index (Phi) is 4.91. The molecule has 0 bridgehead atoms. The molecule has 0 aromatic carbocycles. The summed E-state index contributed by atoms with van der Waals surface area (Å²) in [4.78, 5) is 29.6. The van der Waals surface area contributed by atoms with Gasteiger partial charge in [0.1, 0.15) is 5.52 Å². The molecule has 8 nitrogen and oxygen atoms in total. The molecule has 0 fully saturated rings. The summed E-state index contributed by atoms with van der Waals surface area (Å²) in [5.74, 6) is 1.11. The molecule has 1 amide bonds. The Morgan fingerprint density at radius 1 is 1.24 bits per heavy atom. The molecule has 0 aliphatic carbocycles. The Balaban J connectivity index is 2.17. The fourth-order valence-corrected chi connectivity index (χ4v) is 2.05. The van der Waals surface area contributed by atoms with E-state index in [0.717, 1.165) is 0 Å². The van der Waals surface area contributed by atoms with Crippen molar-refractivity contribution in [1.82, 2.24) is 24.8 Å². The lowest BCUT2D eigenvalue weighted by atomic mass is 10.4. The Morgan fingerprint density at radius 3 is 2.67 bits per heavy atom. The highest BCUT2D eigenvalue weighted by Crippen LogP contribution is 2.18. The van der Waals surface area contributed by atoms with Crippen LogP contribution in [-0.4, -0.2) is 56.9 Å². The zero-order valence-electron chi connectivity index (χ0n) is 12.6. The number of aromatic nitrogens is 4. The minimum Gasteiger partial charge on any atom is -0.359 e. The third-order valence-electron chi connectivity index (χ3n) is 3.14. The van der Waals surface area contributed by atoms with Gasteiger partial charge in [-0.15, -0.1) is 0 Å². The molecule has 8 heteroatoms. The molecule has 0 radical (unpaired) electrons. The lowest BCUT2D eigenvalue weighted by Gasteiger charge is -2.19. The van der Waals surface area contributed by atoms with Gasteiger partial charge in [0.15, 0.2) is 11.5 Å². The van der Waals surface area contributed by atoms with Crippen LogP contribution in [0.2, 0.25) is 0 Å². The fourth-order valence-electron chi connectivity index (χ4n) is 2.05. The number of likely N-dealkylation sites (N-methyl/N-ethyl adjacent to an activating group) is 1. The smallest absolute Gasteiger partial charge is 0.241 e. The summed E-state index contributed by atoms with van der Waals surface area (Å²) < 4.78 is 0. The molecular formula is C13H21N7O. The maximum absolute atomic E-state index is 12.0. The topological polar surface area (TPSA) is 98.8 Å². The van der Waals surface area contributed by atoms with Crippen LogP contribution in [-0.2, 0) is 4.79 Å². The van der Waals surface area contributed by atoms with E-state index in [4.69, 9.17) is 0 Å². The molecule has 114 valence electrons. The van der Waals surface area contributed by atoms with Gasteiger partial charge in [-0.2, -0.15) is 9.97 Å². The predicted octanol–water partition coefficient (Wildman–Crippen LogP) is 1.06. The number of nitrogens with one attached hydrogen (secondary N) is 3. The summed E-state index contributed by atoms with van der Waals surface area (Å²) in [5.41, 5.74) is 1.27. The molecule has 2 aromatic heterocycles. The summed E-state index contributed by atoms with van der Waals surface area (Å²) in [5, 5.41) is 6.12. The quantitative estimate of drug-likeness (QED) is 0.705. The molecule has 21 heavy (non-hydrogen) atoms. The van der Waals surface area contributed by atoms with Gasteiger partial charge in [0, 0.05) is 19.6 Å². The standard InChI is InChI=1S/C13H21N7O/c1-4-14-13-18-11(10-12(19-13)17-8-16-10)15-7-9(21)20(5-2)6-3/h8H,4-7H2,1-3H3,(H3,14,15,16,17,18,19). The molecular weight excluding hydrogens is 270 g/mol. The maximum atomic E-state index is 12.0. The van der Waals surface area contributed by atoms with E-state index in [2.05, 4.69) is 30.6 Å². The van der Waals surface area contributed by atoms with E-state index < -0.39 is 0 Å². The number of fused-ring (bicyclic) bond motifs is 1. The van der Waals surface area contributed by atoms with Gasteiger partial charge in [0.2, 0.25) is 11.9 Å². The maximum Gasteiger partial charge on any atom is 0.241 e. The number of rotatable bonds is 7. The van der Waals surface area contributed by atoms with Crippen LogP contribution < -0.4 is 10.6 Å². The van der Waals surface area contributed by atoms with E-state index in [1.165, 1.54) is 0 Å². The summed E-state index contributed by atoms with van der Waals surface area (Å²) in [7, 11) is 0. The van der Waals surface area contributed by atoms with E-state index in [1.807, 2.05) is 20.8 Å². The van der Waals surface area contributed by atoms with E-state index >= 15 is 0 Å². The number of nitrogens with zero attached hydrogens (tertiary/aromatic N) is 4. The summed E-state index contributed by atoms with van der Waals surface area (Å²) in [6.45, 7) is 8.19. The van der Waals surface area contributed by atoms with Crippen LogP contribution in [0.1, 0.15) is 20.8 Å². The number of imidazole rings is 1. The van der Waals surface area contributed by atoms with Crippen molar-refractivity contribution in [3.05, 3.63) is 6.33 Å². The first-order valence-corrected chi connectivity index (χ1v) is 7.16. The molecule has 2 aromatic rings. The van der Waals surface area contributed by atoms with Crippen LogP contribution in [0.25, 0.3) is 11.2 Å². The number of hydrogen-bond acceptors (Lipinski definition) is 6. The molecule has 0 atom stereocenters. The first kappa shape index (κ1) is 15.0. The van der Waals surface area contributed by atoms with Gasteiger partial charge in [0.05, 0.1) is 12.9 Å². The molecule has 0 saturated carbocycles. The summed E-state index contributed by atoms with van der Waals surface area (Å²) >= 11 is 0. The normalized spacial score (nSPS) is 10.6. The molecule has 0 aliphatic rings. The van der Waals surface area contributed by atoms with Gasteiger partial charge >= 0.3 is 0 Å². The van der Waals surface area contributed by atoms with Crippen LogP contribution in [0.5, 0.6) is 0 Å². The van der Waals surface area contributed by atoms with Crippen molar-refractivity contribution in [3.63, 3.8) is 0 Å². The van der Waals surface area contributed by atoms with Crippen molar-refractivity contribution in [2.75, 3.05) is 36.8 Å². The Morgan fingerprint density at radius 2 is 2.00 bits per heavy atom. The first-order chi connectivity index (χ1) is 10.2. The highest BCUT2D eigenvalue weighted by Gasteiger charge is 2.13. The van der Waals surface area contributed by atoms with Gasteiger partial charge in [0.25, 0.3) is 0 Å². The van der Waals surface area contributed by atoms with Crippen LogP contribution >= 0.6 is 0 Å². The van der Waals surface area contributed by atoms with Crippen LogP contribution in [0.15, 0.2) is 6.33 Å². The zero-order chi connectivity index (χ0) is 15.2. The lowest BCUT2D eigenvalue weighted by molar-refractivity contribution is -0.128. The van der Waals surface area contributed by atoms with Crippen molar-refractivity contribution in [2.24, 2.45) is 0 Å². The Bertz CT molecular complexity index is 606. The van der Waals surface area contributed by atoms with Gasteiger partial charge in [-0.1, -0.05) is 0 Å². The van der Waals surface area contributed by atoms with E-state index in [9.17, 15) is 4.79 Å². The van der Waals surface area contributed by atoms with Crippen LogP contribution in [0, 0.1) is 0 Å². The first-order valence-electron chi connectivity index (χ1n) is 7.16. The highest BCUT2D eigenvalue weighted by molar-refractivity contribution is 5.87. The molecule has 2 rings (SSSR count). The average Bonchev–Trinajstić information content (AvgIpc) is 2.95. The molecule has 0 unspecified atom stereocenters. The molecule has 0 saturated heterocycles. The van der Waals surface area contributed by atoms with Crippen LogP contribution in [0.3, 0.4) is 0 Å². The van der Waals surface area contributed by atoms with Crippen molar-refractivity contribution < 1.29 is 4.79 Å². The van der Waals surface area contributed by atoms with Gasteiger partial charge < -0.3 is 20.5 Å². The number of aromatic amines is 1. The molecule has 0 spiro atoms. The van der Waals surface area contributed by atoms with E-state index in [-0.39, 0.29) is 12.5 Å². The number of carbonyl (C=O) groups excluding carboxylic acids is 1. The third kappa shape index (κ3) is 3.39. The summed E-state index contributed by atoms with van der Waals surface area (Å²) in [6, 6.07) is 0. The average molecular weight is 291 g/mol. The number of H-pyrrole nitrogens is 1. The Labute approximate surface area is 123 Å². The third-order valence-corrected chi connectivity index (χ3v) is 3.14. The number of amides is 1. The number of hydrogen-bond donors (Lipinski definition) is 3. The summed E-state index contributed by atoms with van der Waals surface area (Å²) in [6.07, 6.45) is 1.56. The SMILES string of the molecule is CCNc1nc(NCC(=O)N(CC)CC)c2[nH]cnc2n1. The van der Waals surface area contributed by atoms with Gasteiger partial charge in [-0.05, 0) is 20.8 Å². The highest BCUT2D eigenvalue weighted by atomic mass is 16.2. The second kappa shape index (κ2) is 6.87. The zero-order valence-corrected chi connectivity index (χ0v) is 12.6. The second-order valence-corrected chi connectivity index (χ2v) is 4.45. The van der Waals surface area contributed by atoms with E-state index in [1.54, 1.807) is 11.2 Å². The van der Waals surface area contributed by atoms with Crippen molar-refractivity contribution in [2.45, 2.75) is 20.8 Å². The van der Waals surface area contributed by atoms with Crippen molar-refractivity contribution in [3.8, 4) is 0 Å². The lowest BCUT2D eigenvalue weighted by Crippen LogP contribution is -2.35. The van der Waals surface area contributed by atoms with Crippen molar-refractivity contribution >= 4 is 28.8 Å². The van der Waals surface area contributed by atoms with Crippen LogP contribution in [0.4, 0.5) is 11.8 Å².